The molecule has 0 aromatic carbocycles. The molecule has 4 heteroatoms. The number of rotatable bonds is 2. The number of aromatic amines is 1. The van der Waals surface area contributed by atoms with Gasteiger partial charge in [0.15, 0.2) is 0 Å². The fourth-order valence-corrected chi connectivity index (χ4v) is 2.85. The Morgan fingerprint density at radius 1 is 1.33 bits per heavy atom. The van der Waals surface area contributed by atoms with E-state index in [1.165, 1.54) is 17.0 Å². The molecule has 2 aromatic heterocycles. The first kappa shape index (κ1) is 14.3. The molecule has 0 atom stereocenters. The van der Waals surface area contributed by atoms with Crippen molar-refractivity contribution in [1.82, 2.24) is 19.9 Å². The van der Waals surface area contributed by atoms with Crippen molar-refractivity contribution in [3.8, 4) is 0 Å². The number of imidazole rings is 1. The van der Waals surface area contributed by atoms with E-state index in [9.17, 15) is 0 Å². The fourth-order valence-electron chi connectivity index (χ4n) is 2.85. The Morgan fingerprint density at radius 2 is 2.14 bits per heavy atom. The second-order valence-corrected chi connectivity index (χ2v) is 7.01. The molecule has 114 valence electrons. The minimum Gasteiger partial charge on any atom is -0.345 e. The van der Waals surface area contributed by atoms with Crippen LogP contribution in [0.3, 0.4) is 0 Å². The van der Waals surface area contributed by atoms with E-state index in [1.807, 2.05) is 13.1 Å². The molecule has 0 unspecified atom stereocenters. The summed E-state index contributed by atoms with van der Waals surface area (Å²) in [6.07, 6.45) is 3.06. The van der Waals surface area contributed by atoms with Gasteiger partial charge in [-0.3, -0.25) is 9.88 Å². The summed E-state index contributed by atoms with van der Waals surface area (Å²) in [5.41, 5.74) is 5.06. The summed E-state index contributed by atoms with van der Waals surface area (Å²) in [7, 11) is 0. The number of aryl methyl sites for hydroxylation is 1. The smallest absolute Gasteiger partial charge is 0.103 e. The summed E-state index contributed by atoms with van der Waals surface area (Å²) < 4.78 is 0. The summed E-state index contributed by atoms with van der Waals surface area (Å²) in [5.74, 6) is 1.03. The predicted octanol–water partition coefficient (Wildman–Crippen LogP) is 3.21. The maximum absolute atomic E-state index is 4.62. The maximum atomic E-state index is 4.62. The van der Waals surface area contributed by atoms with E-state index >= 15 is 0 Å². The second-order valence-electron chi connectivity index (χ2n) is 7.01. The molecule has 2 aromatic rings. The van der Waals surface area contributed by atoms with Crippen molar-refractivity contribution >= 4 is 0 Å². The van der Waals surface area contributed by atoms with Gasteiger partial charge < -0.3 is 4.98 Å². The molecule has 0 fully saturated rings. The first-order valence-electron chi connectivity index (χ1n) is 7.64. The SMILES string of the molecule is Cc1nc2c([nH]1)CN(Cc1ccc(C(C)(C)C)nc1)CC2.[HH]. The van der Waals surface area contributed by atoms with Crippen LogP contribution in [0.15, 0.2) is 18.3 Å². The van der Waals surface area contributed by atoms with Crippen molar-refractivity contribution in [1.29, 1.82) is 0 Å². The molecule has 1 aliphatic rings. The third-order valence-corrected chi connectivity index (χ3v) is 4.03. The zero-order valence-electron chi connectivity index (χ0n) is 13.4. The predicted molar refractivity (Wildman–Crippen MR) is 86.2 cm³/mol. The monoisotopic (exact) mass is 286 g/mol. The van der Waals surface area contributed by atoms with Gasteiger partial charge in [0.1, 0.15) is 5.82 Å². The third-order valence-electron chi connectivity index (χ3n) is 4.03. The van der Waals surface area contributed by atoms with Crippen LogP contribution >= 0.6 is 0 Å². The summed E-state index contributed by atoms with van der Waals surface area (Å²) in [6.45, 7) is 11.6. The van der Waals surface area contributed by atoms with Gasteiger partial charge in [-0.25, -0.2) is 4.98 Å². The zero-order chi connectivity index (χ0) is 15.0. The van der Waals surface area contributed by atoms with Gasteiger partial charge in [-0.1, -0.05) is 26.8 Å². The Hall–Kier alpha value is -1.68. The van der Waals surface area contributed by atoms with Crippen LogP contribution in [-0.4, -0.2) is 26.4 Å². The summed E-state index contributed by atoms with van der Waals surface area (Å²) >= 11 is 0. The zero-order valence-corrected chi connectivity index (χ0v) is 13.4. The van der Waals surface area contributed by atoms with Gasteiger partial charge in [-0.15, -0.1) is 0 Å². The lowest BCUT2D eigenvalue weighted by Crippen LogP contribution is -2.30. The van der Waals surface area contributed by atoms with Crippen LogP contribution in [-0.2, 0) is 24.9 Å². The van der Waals surface area contributed by atoms with Gasteiger partial charge in [-0.05, 0) is 18.6 Å². The summed E-state index contributed by atoms with van der Waals surface area (Å²) in [4.78, 5) is 15.0. The summed E-state index contributed by atoms with van der Waals surface area (Å²) in [6, 6.07) is 4.37. The summed E-state index contributed by atoms with van der Waals surface area (Å²) in [5, 5.41) is 0. The molecule has 21 heavy (non-hydrogen) atoms. The van der Waals surface area contributed by atoms with Crippen LogP contribution in [0, 0.1) is 6.92 Å². The lowest BCUT2D eigenvalue weighted by atomic mass is 9.91. The van der Waals surface area contributed by atoms with Crippen molar-refractivity contribution in [2.75, 3.05) is 6.54 Å². The highest BCUT2D eigenvalue weighted by Crippen LogP contribution is 2.21. The molecule has 0 aliphatic carbocycles. The number of nitrogens with one attached hydrogen (secondary N) is 1. The lowest BCUT2D eigenvalue weighted by Gasteiger charge is -2.26. The molecular weight excluding hydrogens is 260 g/mol. The normalized spacial score (nSPS) is 16.0. The van der Waals surface area contributed by atoms with Gasteiger partial charge >= 0.3 is 0 Å². The van der Waals surface area contributed by atoms with Gasteiger partial charge in [0.2, 0.25) is 0 Å². The average molecular weight is 286 g/mol. The minimum absolute atomic E-state index is 0. The van der Waals surface area contributed by atoms with Gasteiger partial charge in [0.05, 0.1) is 11.4 Å². The Balaban J connectivity index is 0.00000176. The van der Waals surface area contributed by atoms with E-state index in [0.717, 1.165) is 37.6 Å². The maximum Gasteiger partial charge on any atom is 0.103 e. The Kier molecular flexibility index (Phi) is 3.57. The van der Waals surface area contributed by atoms with Gasteiger partial charge in [0, 0.05) is 44.8 Å². The molecule has 0 amide bonds. The molecule has 0 saturated carbocycles. The minimum atomic E-state index is 0. The molecule has 1 aliphatic heterocycles. The third kappa shape index (κ3) is 3.16. The molecule has 1 N–H and O–H groups in total. The van der Waals surface area contributed by atoms with Crippen molar-refractivity contribution in [3.63, 3.8) is 0 Å². The van der Waals surface area contributed by atoms with Crippen molar-refractivity contribution in [2.24, 2.45) is 0 Å². The molecule has 3 heterocycles. The quantitative estimate of drug-likeness (QED) is 0.922. The largest absolute Gasteiger partial charge is 0.345 e. The Bertz CT molecular complexity index is 625. The van der Waals surface area contributed by atoms with Crippen molar-refractivity contribution < 1.29 is 1.43 Å². The number of hydrogen-bond acceptors (Lipinski definition) is 3. The van der Waals surface area contributed by atoms with E-state index in [-0.39, 0.29) is 6.84 Å². The molecule has 0 spiro atoms. The average Bonchev–Trinajstić information content (AvgIpc) is 2.78. The standard InChI is InChI=1S/C17H24N4.H2/c1-12-19-14-7-8-21(11-15(14)20-12)10-13-5-6-16(18-9-13)17(2,3)4;/h5-6,9H,7-8,10-11H2,1-4H3,(H,19,20);1H. The number of H-pyrrole nitrogens is 1. The number of pyridine rings is 1. The van der Waals surface area contributed by atoms with Crippen LogP contribution in [0.5, 0.6) is 0 Å². The highest BCUT2D eigenvalue weighted by atomic mass is 15.2. The lowest BCUT2D eigenvalue weighted by molar-refractivity contribution is 0.241. The van der Waals surface area contributed by atoms with Crippen LogP contribution in [0.1, 0.15) is 50.7 Å². The van der Waals surface area contributed by atoms with Gasteiger partial charge in [-0.2, -0.15) is 0 Å². The first-order valence-corrected chi connectivity index (χ1v) is 7.64. The first-order chi connectivity index (χ1) is 9.91. The Labute approximate surface area is 128 Å². The highest BCUT2D eigenvalue weighted by Gasteiger charge is 2.20. The van der Waals surface area contributed by atoms with E-state index in [0.29, 0.717) is 0 Å². The van der Waals surface area contributed by atoms with E-state index in [2.05, 4.69) is 52.8 Å². The number of aromatic nitrogens is 3. The van der Waals surface area contributed by atoms with Crippen LogP contribution in [0.25, 0.3) is 0 Å². The number of nitrogens with zero attached hydrogens (tertiary/aromatic N) is 3. The highest BCUT2D eigenvalue weighted by molar-refractivity contribution is 5.21. The molecular formula is C17H26N4. The van der Waals surface area contributed by atoms with E-state index < -0.39 is 0 Å². The van der Waals surface area contributed by atoms with Crippen LogP contribution in [0.4, 0.5) is 0 Å². The van der Waals surface area contributed by atoms with Crippen LogP contribution in [0.2, 0.25) is 0 Å². The fraction of sp³-hybridized carbons (Fsp3) is 0.529. The topological polar surface area (TPSA) is 44.8 Å². The van der Waals surface area contributed by atoms with Gasteiger partial charge in [0.25, 0.3) is 0 Å². The van der Waals surface area contributed by atoms with Crippen LogP contribution < -0.4 is 0 Å². The molecule has 4 nitrogen and oxygen atoms in total. The number of fused-ring (bicyclic) bond motifs is 1. The molecule has 3 rings (SSSR count). The van der Waals surface area contributed by atoms with E-state index in [1.54, 1.807) is 0 Å². The molecule has 0 saturated heterocycles. The second kappa shape index (κ2) is 5.26. The van der Waals surface area contributed by atoms with Crippen molar-refractivity contribution in [3.05, 3.63) is 46.8 Å². The number of hydrogen-bond donors (Lipinski definition) is 1. The Morgan fingerprint density at radius 3 is 2.81 bits per heavy atom. The van der Waals surface area contributed by atoms with E-state index in [4.69, 9.17) is 0 Å². The molecule has 0 radical (unpaired) electrons. The van der Waals surface area contributed by atoms with Crippen molar-refractivity contribution in [2.45, 2.75) is 52.6 Å². The molecule has 0 bridgehead atoms.